The molecule has 0 aliphatic carbocycles. The van der Waals surface area contributed by atoms with Gasteiger partial charge in [0.05, 0.1) is 13.2 Å². The van der Waals surface area contributed by atoms with Gasteiger partial charge in [0.25, 0.3) is 5.91 Å². The Morgan fingerprint density at radius 1 is 1.00 bits per heavy atom. The molecule has 0 saturated carbocycles. The Bertz CT molecular complexity index is 850. The van der Waals surface area contributed by atoms with Crippen molar-refractivity contribution in [2.45, 2.75) is 18.9 Å². The van der Waals surface area contributed by atoms with Crippen LogP contribution in [-0.2, 0) is 4.79 Å². The largest absolute Gasteiger partial charge is 0.480 e. The predicted octanol–water partition coefficient (Wildman–Crippen LogP) is 1.44. The number of rotatable bonds is 4. The summed E-state index contributed by atoms with van der Waals surface area (Å²) in [6, 6.07) is 13.0. The van der Waals surface area contributed by atoms with Gasteiger partial charge in [0, 0.05) is 44.5 Å². The van der Waals surface area contributed by atoms with Crippen molar-refractivity contribution in [2.24, 2.45) is 0 Å². The molecule has 0 spiro atoms. The zero-order valence-electron chi connectivity index (χ0n) is 16.5. The van der Waals surface area contributed by atoms with Crippen LogP contribution in [0.15, 0.2) is 42.5 Å². The molecule has 0 unspecified atom stereocenters. The first-order valence-corrected chi connectivity index (χ1v) is 9.95. The first-order chi connectivity index (χ1) is 14.2. The number of ether oxygens (including phenoxy) is 1. The molecule has 29 heavy (non-hydrogen) atoms. The molecule has 2 saturated heterocycles. The molecule has 0 radical (unpaired) electrons. The van der Waals surface area contributed by atoms with Crippen LogP contribution in [0.1, 0.15) is 23.3 Å². The zero-order chi connectivity index (χ0) is 20.2. The average Bonchev–Trinajstić information content (AvgIpc) is 2.79. The Kier molecular flexibility index (Phi) is 5.71. The molecule has 8 nitrogen and oxygen atoms in total. The van der Waals surface area contributed by atoms with Gasteiger partial charge in [-0.3, -0.25) is 14.5 Å². The third kappa shape index (κ3) is 4.07. The minimum absolute atomic E-state index is 0.123. The highest BCUT2D eigenvalue weighted by atomic mass is 16.5. The van der Waals surface area contributed by atoms with Crippen molar-refractivity contribution in [3.63, 3.8) is 0 Å². The zero-order valence-corrected chi connectivity index (χ0v) is 16.5. The summed E-state index contributed by atoms with van der Waals surface area (Å²) in [7, 11) is 1.51. The second-order valence-electron chi connectivity index (χ2n) is 7.27. The Morgan fingerprint density at radius 2 is 1.76 bits per heavy atom. The van der Waals surface area contributed by atoms with Gasteiger partial charge in [-0.15, -0.1) is 10.2 Å². The quantitative estimate of drug-likeness (QED) is 0.780. The fraction of sp³-hybridized carbons (Fsp3) is 0.429. The van der Waals surface area contributed by atoms with Crippen LogP contribution in [0.3, 0.4) is 0 Å². The molecule has 152 valence electrons. The lowest BCUT2D eigenvalue weighted by Gasteiger charge is -2.42. The van der Waals surface area contributed by atoms with Crippen LogP contribution < -0.4 is 9.64 Å². The van der Waals surface area contributed by atoms with Crippen LogP contribution in [-0.4, -0.2) is 77.7 Å². The molecule has 0 bridgehead atoms. The monoisotopic (exact) mass is 395 g/mol. The van der Waals surface area contributed by atoms with E-state index in [4.69, 9.17) is 4.74 Å². The summed E-state index contributed by atoms with van der Waals surface area (Å²) < 4.78 is 4.99. The summed E-state index contributed by atoms with van der Waals surface area (Å²) in [5, 5.41) is 7.82. The maximum atomic E-state index is 13.1. The van der Waals surface area contributed by atoms with Crippen LogP contribution in [0.4, 0.5) is 5.69 Å². The van der Waals surface area contributed by atoms with Crippen molar-refractivity contribution in [3.05, 3.63) is 48.2 Å². The number of piperazine rings is 1. The molecular weight excluding hydrogens is 370 g/mol. The van der Waals surface area contributed by atoms with Gasteiger partial charge in [0.2, 0.25) is 11.8 Å². The van der Waals surface area contributed by atoms with E-state index in [1.54, 1.807) is 17.0 Å². The van der Waals surface area contributed by atoms with E-state index in [2.05, 4.69) is 15.1 Å². The van der Waals surface area contributed by atoms with Crippen LogP contribution in [0.25, 0.3) is 0 Å². The van der Waals surface area contributed by atoms with Crippen LogP contribution in [0, 0.1) is 0 Å². The van der Waals surface area contributed by atoms with Gasteiger partial charge in [-0.05, 0) is 31.0 Å². The minimum atomic E-state index is -0.138. The molecule has 2 amide bonds. The van der Waals surface area contributed by atoms with Crippen LogP contribution in [0.2, 0.25) is 0 Å². The fourth-order valence-corrected chi connectivity index (χ4v) is 4.00. The number of anilines is 1. The summed E-state index contributed by atoms with van der Waals surface area (Å²) in [6.45, 7) is 3.25. The normalized spacial score (nSPS) is 20.6. The third-order valence-electron chi connectivity index (χ3n) is 5.59. The standard InChI is InChI=1S/C21H25N5O3/c1-29-19-10-9-17(22-23-19)20(27)25-14-12-24(13-15-25)18-8-5-11-26(21(18)28)16-6-3-2-4-7-16/h2-4,6-7,9-10,18H,5,8,11-15H2,1H3/t18-/m1/s1. The van der Waals surface area contributed by atoms with Gasteiger partial charge in [0.15, 0.2) is 5.69 Å². The molecular formula is C21H25N5O3. The summed E-state index contributed by atoms with van der Waals surface area (Å²) in [5.74, 6) is 0.397. The van der Waals surface area contributed by atoms with E-state index in [-0.39, 0.29) is 17.9 Å². The lowest BCUT2D eigenvalue weighted by molar-refractivity contribution is -0.126. The Balaban J connectivity index is 1.37. The number of amides is 2. The van der Waals surface area contributed by atoms with Gasteiger partial charge >= 0.3 is 0 Å². The molecule has 2 aliphatic heterocycles. The maximum Gasteiger partial charge on any atom is 0.274 e. The highest BCUT2D eigenvalue weighted by Crippen LogP contribution is 2.24. The van der Waals surface area contributed by atoms with Gasteiger partial charge in [-0.2, -0.15) is 0 Å². The van der Waals surface area contributed by atoms with Crippen LogP contribution >= 0.6 is 0 Å². The summed E-state index contributed by atoms with van der Waals surface area (Å²) in [6.07, 6.45) is 1.84. The molecule has 3 heterocycles. The average molecular weight is 395 g/mol. The second-order valence-corrected chi connectivity index (χ2v) is 7.27. The maximum absolute atomic E-state index is 13.1. The molecule has 1 aromatic carbocycles. The SMILES string of the molecule is COc1ccc(C(=O)N2CCN([C@@H]3CCCN(c4ccccc4)C3=O)CC2)nn1. The highest BCUT2D eigenvalue weighted by molar-refractivity contribution is 5.98. The predicted molar refractivity (Wildman–Crippen MR) is 108 cm³/mol. The molecule has 2 fully saturated rings. The first-order valence-electron chi connectivity index (χ1n) is 9.95. The van der Waals surface area contributed by atoms with Gasteiger partial charge in [-0.1, -0.05) is 18.2 Å². The molecule has 8 heteroatoms. The van der Waals surface area contributed by atoms with E-state index >= 15 is 0 Å². The summed E-state index contributed by atoms with van der Waals surface area (Å²) in [5.41, 5.74) is 1.26. The number of benzene rings is 1. The smallest absolute Gasteiger partial charge is 0.274 e. The number of para-hydroxylation sites is 1. The van der Waals surface area contributed by atoms with Crippen molar-refractivity contribution >= 4 is 17.5 Å². The number of nitrogens with zero attached hydrogens (tertiary/aromatic N) is 5. The van der Waals surface area contributed by atoms with E-state index in [1.807, 2.05) is 35.2 Å². The number of carbonyl (C=O) groups is 2. The van der Waals surface area contributed by atoms with Crippen molar-refractivity contribution < 1.29 is 14.3 Å². The Labute approximate surface area is 170 Å². The number of carbonyl (C=O) groups excluding carboxylic acids is 2. The summed E-state index contributed by atoms with van der Waals surface area (Å²) >= 11 is 0. The minimum Gasteiger partial charge on any atom is -0.480 e. The fourth-order valence-electron chi connectivity index (χ4n) is 4.00. The van der Waals surface area contributed by atoms with E-state index in [9.17, 15) is 9.59 Å². The molecule has 4 rings (SSSR count). The molecule has 1 aromatic heterocycles. The van der Waals surface area contributed by atoms with Crippen molar-refractivity contribution in [1.29, 1.82) is 0 Å². The number of hydrogen-bond acceptors (Lipinski definition) is 6. The number of hydrogen-bond donors (Lipinski definition) is 0. The van der Waals surface area contributed by atoms with Crippen molar-refractivity contribution in [2.75, 3.05) is 44.7 Å². The van der Waals surface area contributed by atoms with Crippen LogP contribution in [0.5, 0.6) is 5.88 Å². The van der Waals surface area contributed by atoms with E-state index in [0.717, 1.165) is 25.1 Å². The topological polar surface area (TPSA) is 78.9 Å². The molecule has 0 N–H and O–H groups in total. The molecule has 2 aromatic rings. The van der Waals surface area contributed by atoms with Gasteiger partial charge < -0.3 is 14.5 Å². The first kappa shape index (κ1) is 19.3. The van der Waals surface area contributed by atoms with E-state index in [1.165, 1.54) is 7.11 Å². The van der Waals surface area contributed by atoms with Crippen molar-refractivity contribution in [3.8, 4) is 5.88 Å². The molecule has 1 atom stereocenters. The number of aromatic nitrogens is 2. The lowest BCUT2D eigenvalue weighted by atomic mass is 10.0. The van der Waals surface area contributed by atoms with Crippen molar-refractivity contribution in [1.82, 2.24) is 20.0 Å². The second kappa shape index (κ2) is 8.57. The third-order valence-corrected chi connectivity index (χ3v) is 5.59. The van der Waals surface area contributed by atoms with E-state index < -0.39 is 0 Å². The highest BCUT2D eigenvalue weighted by Gasteiger charge is 2.36. The number of piperidine rings is 1. The molecule has 2 aliphatic rings. The van der Waals surface area contributed by atoms with Gasteiger partial charge in [0.1, 0.15) is 0 Å². The van der Waals surface area contributed by atoms with Gasteiger partial charge in [-0.25, -0.2) is 0 Å². The Hall–Kier alpha value is -3.00. The lowest BCUT2D eigenvalue weighted by Crippen LogP contribution is -2.58. The number of methoxy groups -OCH3 is 1. The Morgan fingerprint density at radius 3 is 2.41 bits per heavy atom. The van der Waals surface area contributed by atoms with E-state index in [0.29, 0.717) is 37.8 Å². The summed E-state index contributed by atoms with van der Waals surface area (Å²) in [4.78, 5) is 31.6.